The summed E-state index contributed by atoms with van der Waals surface area (Å²) < 4.78 is 34.5. The summed E-state index contributed by atoms with van der Waals surface area (Å²) in [6.07, 6.45) is 7.68. The molecule has 0 radical (unpaired) electrons. The SMILES string of the molecule is O=C1CCC(N2C(=O)c3cccc(NCCCCCCCCCCCC(=O)OCc4cnc(Cl)cc4NC(=O)Nc4cc(C(F)F)ns4)c3C2=O)C(=O)N1. The first-order chi connectivity index (χ1) is 26.0. The van der Waals surface area contributed by atoms with Gasteiger partial charge in [-0.1, -0.05) is 62.6 Å². The number of esters is 1. The highest BCUT2D eigenvalue weighted by Crippen LogP contribution is 2.32. The van der Waals surface area contributed by atoms with E-state index in [0.29, 0.717) is 24.2 Å². The van der Waals surface area contributed by atoms with Crippen molar-refractivity contribution < 1.29 is 42.3 Å². The van der Waals surface area contributed by atoms with Crippen molar-refractivity contribution >= 4 is 75.1 Å². The lowest BCUT2D eigenvalue weighted by atomic mass is 10.0. The smallest absolute Gasteiger partial charge is 0.324 e. The fourth-order valence-corrected chi connectivity index (χ4v) is 6.96. The van der Waals surface area contributed by atoms with Crippen LogP contribution in [0.25, 0.3) is 0 Å². The summed E-state index contributed by atoms with van der Waals surface area (Å²) in [5.74, 6) is -2.50. The van der Waals surface area contributed by atoms with E-state index in [1.54, 1.807) is 18.2 Å². The quantitative estimate of drug-likeness (QED) is 0.0418. The molecule has 14 nitrogen and oxygen atoms in total. The van der Waals surface area contributed by atoms with Gasteiger partial charge in [0.1, 0.15) is 28.5 Å². The lowest BCUT2D eigenvalue weighted by Crippen LogP contribution is -2.54. The highest BCUT2D eigenvalue weighted by molar-refractivity contribution is 7.10. The van der Waals surface area contributed by atoms with Crippen LogP contribution in [0.1, 0.15) is 115 Å². The number of alkyl halides is 2. The molecule has 54 heavy (non-hydrogen) atoms. The number of nitrogens with one attached hydrogen (secondary N) is 4. The average molecular weight is 788 g/mol. The molecule has 0 aliphatic carbocycles. The van der Waals surface area contributed by atoms with Crippen LogP contribution in [0.15, 0.2) is 36.5 Å². The number of halogens is 3. The van der Waals surface area contributed by atoms with Crippen molar-refractivity contribution in [1.29, 1.82) is 0 Å². The number of aromatic nitrogens is 2. The second kappa shape index (κ2) is 19.3. The Morgan fingerprint density at radius 3 is 2.39 bits per heavy atom. The van der Waals surface area contributed by atoms with Crippen molar-refractivity contribution in [2.75, 3.05) is 22.5 Å². The fourth-order valence-electron chi connectivity index (χ4n) is 6.15. The Bertz CT molecular complexity index is 1880. The summed E-state index contributed by atoms with van der Waals surface area (Å²) >= 11 is 6.69. The summed E-state index contributed by atoms with van der Waals surface area (Å²) in [5.41, 5.74) is 1.28. The molecule has 2 aliphatic heterocycles. The van der Waals surface area contributed by atoms with Gasteiger partial charge in [-0.25, -0.2) is 18.6 Å². The van der Waals surface area contributed by atoms with Crippen LogP contribution in [0, 0.1) is 0 Å². The van der Waals surface area contributed by atoms with Gasteiger partial charge in [-0.3, -0.25) is 39.5 Å². The molecule has 2 aliphatic rings. The number of anilines is 3. The summed E-state index contributed by atoms with van der Waals surface area (Å²) in [6.45, 7) is 0.479. The first-order valence-electron chi connectivity index (χ1n) is 17.7. The molecule has 1 saturated heterocycles. The van der Waals surface area contributed by atoms with Gasteiger partial charge in [0.25, 0.3) is 18.2 Å². The van der Waals surface area contributed by atoms with Crippen LogP contribution in [0.5, 0.6) is 0 Å². The minimum Gasteiger partial charge on any atom is -0.461 e. The third-order valence-corrected chi connectivity index (χ3v) is 9.85. The first-order valence-corrected chi connectivity index (χ1v) is 18.9. The van der Waals surface area contributed by atoms with E-state index >= 15 is 0 Å². The number of carbonyl (C=O) groups is 6. The molecule has 1 atom stereocenters. The minimum atomic E-state index is -2.75. The number of rotatable bonds is 19. The Kier molecular flexibility index (Phi) is 14.4. The largest absolute Gasteiger partial charge is 0.461 e. The van der Waals surface area contributed by atoms with Crippen LogP contribution in [0.2, 0.25) is 5.15 Å². The number of fused-ring (bicyclic) bond motifs is 1. The number of amides is 6. The van der Waals surface area contributed by atoms with Crippen LogP contribution in [0.4, 0.5) is 30.0 Å². The van der Waals surface area contributed by atoms with Crippen molar-refractivity contribution in [2.45, 2.75) is 96.1 Å². The third kappa shape index (κ3) is 10.8. The molecule has 5 rings (SSSR count). The summed E-state index contributed by atoms with van der Waals surface area (Å²) in [4.78, 5) is 79.8. The molecular weight excluding hydrogens is 748 g/mol. The van der Waals surface area contributed by atoms with Crippen LogP contribution < -0.4 is 21.3 Å². The molecule has 0 spiro atoms. The van der Waals surface area contributed by atoms with Crippen molar-refractivity contribution in [2.24, 2.45) is 0 Å². The van der Waals surface area contributed by atoms with Crippen LogP contribution in [-0.2, 0) is 25.7 Å². The topological polar surface area (TPSA) is 189 Å². The maximum atomic E-state index is 13.2. The van der Waals surface area contributed by atoms with Crippen molar-refractivity contribution in [1.82, 2.24) is 19.6 Å². The van der Waals surface area contributed by atoms with Gasteiger partial charge in [0.2, 0.25) is 11.8 Å². The average Bonchev–Trinajstić information content (AvgIpc) is 3.70. The Labute approximate surface area is 318 Å². The molecule has 1 aromatic carbocycles. The number of ether oxygens (including phenoxy) is 1. The summed E-state index contributed by atoms with van der Waals surface area (Å²) in [5, 5.41) is 10.7. The molecule has 4 heterocycles. The fraction of sp³-hybridized carbons (Fsp3) is 0.444. The monoisotopic (exact) mass is 787 g/mol. The van der Waals surface area contributed by atoms with Crippen molar-refractivity contribution in [3.05, 3.63) is 64.1 Å². The molecule has 6 amide bonds. The number of benzene rings is 1. The van der Waals surface area contributed by atoms with E-state index in [0.717, 1.165) is 73.9 Å². The number of unbranched alkanes of at least 4 members (excludes halogenated alkanes) is 8. The van der Waals surface area contributed by atoms with E-state index < -0.39 is 47.8 Å². The van der Waals surface area contributed by atoms with Gasteiger partial charge in [0, 0.05) is 42.9 Å². The zero-order chi connectivity index (χ0) is 38.6. The molecule has 1 unspecified atom stereocenters. The normalized spacial score (nSPS) is 15.3. The van der Waals surface area contributed by atoms with Gasteiger partial charge in [-0.05, 0) is 49.0 Å². The number of pyridine rings is 1. The van der Waals surface area contributed by atoms with Gasteiger partial charge in [0.05, 0.1) is 16.8 Å². The second-order valence-electron chi connectivity index (χ2n) is 12.9. The molecular formula is C36H40ClF2N7O7S. The molecule has 288 valence electrons. The Hall–Kier alpha value is -5.03. The Morgan fingerprint density at radius 1 is 0.963 bits per heavy atom. The Balaban J connectivity index is 0.910. The van der Waals surface area contributed by atoms with E-state index in [2.05, 4.69) is 30.6 Å². The van der Waals surface area contributed by atoms with Gasteiger partial charge in [-0.2, -0.15) is 4.37 Å². The lowest BCUT2D eigenvalue weighted by Gasteiger charge is -2.27. The van der Waals surface area contributed by atoms with Gasteiger partial charge >= 0.3 is 12.0 Å². The number of hydrogen-bond acceptors (Lipinski definition) is 11. The van der Waals surface area contributed by atoms with Crippen LogP contribution in [-0.4, -0.2) is 62.5 Å². The number of imide groups is 2. The number of hydrogen-bond donors (Lipinski definition) is 4. The number of carbonyl (C=O) groups excluding carboxylic acids is 6. The van der Waals surface area contributed by atoms with Gasteiger partial charge in [0.15, 0.2) is 0 Å². The van der Waals surface area contributed by atoms with E-state index in [-0.39, 0.29) is 58.8 Å². The highest BCUT2D eigenvalue weighted by atomic mass is 35.5. The third-order valence-electron chi connectivity index (χ3n) is 8.92. The van der Waals surface area contributed by atoms with Crippen molar-refractivity contribution in [3.63, 3.8) is 0 Å². The number of urea groups is 1. The first kappa shape index (κ1) is 40.2. The molecule has 3 aromatic rings. The predicted molar refractivity (Wildman–Crippen MR) is 197 cm³/mol. The maximum absolute atomic E-state index is 13.2. The standard InChI is InChI=1S/C36H40ClF2N7O7S/c37-27-17-24(42-36(52)44-29-18-25(32(38)39)45-54-29)21(19-41-27)20-53-30(48)13-8-6-4-2-1-3-5-7-9-16-40-23-12-10-11-22-31(23)35(51)46(34(22)50)26-14-15-28(47)43-33(26)49/h10-12,17-19,26,32,40H,1-9,13-16,20H2,(H,43,47,49)(H2,41,42,44,52). The Morgan fingerprint density at radius 2 is 1.69 bits per heavy atom. The molecule has 0 saturated carbocycles. The number of nitrogens with zero attached hydrogens (tertiary/aromatic N) is 3. The second-order valence-corrected chi connectivity index (χ2v) is 14.0. The summed E-state index contributed by atoms with van der Waals surface area (Å²) in [7, 11) is 0. The van der Waals surface area contributed by atoms with E-state index in [1.807, 2.05) is 0 Å². The minimum absolute atomic E-state index is 0.0677. The van der Waals surface area contributed by atoms with Crippen LogP contribution in [0.3, 0.4) is 0 Å². The van der Waals surface area contributed by atoms with Gasteiger partial charge in [-0.15, -0.1) is 0 Å². The van der Waals surface area contributed by atoms with E-state index in [1.165, 1.54) is 12.3 Å². The maximum Gasteiger partial charge on any atom is 0.324 e. The zero-order valence-corrected chi connectivity index (χ0v) is 30.8. The molecule has 0 bridgehead atoms. The number of piperidine rings is 1. The van der Waals surface area contributed by atoms with Crippen LogP contribution >= 0.6 is 23.1 Å². The zero-order valence-electron chi connectivity index (χ0n) is 29.3. The lowest BCUT2D eigenvalue weighted by molar-refractivity contribution is -0.145. The molecule has 2 aromatic heterocycles. The molecule has 4 N–H and O–H groups in total. The van der Waals surface area contributed by atoms with Crippen molar-refractivity contribution in [3.8, 4) is 0 Å². The molecule has 1 fully saturated rings. The molecule has 18 heteroatoms. The predicted octanol–water partition coefficient (Wildman–Crippen LogP) is 7.23. The highest BCUT2D eigenvalue weighted by Gasteiger charge is 2.45. The summed E-state index contributed by atoms with van der Waals surface area (Å²) in [6, 6.07) is 5.78. The van der Waals surface area contributed by atoms with E-state index in [9.17, 15) is 37.5 Å². The van der Waals surface area contributed by atoms with Gasteiger partial charge < -0.3 is 15.4 Å². The van der Waals surface area contributed by atoms with E-state index in [4.69, 9.17) is 16.3 Å².